The number of aryl methyl sites for hydroxylation is 2. The molecule has 0 amide bonds. The lowest BCUT2D eigenvalue weighted by Gasteiger charge is -2.24. The van der Waals surface area contributed by atoms with Gasteiger partial charge in [-0.3, -0.25) is 0 Å². The van der Waals surface area contributed by atoms with E-state index in [4.69, 9.17) is 0 Å². The minimum absolute atomic E-state index is 0.0636. The van der Waals surface area contributed by atoms with E-state index in [0.717, 1.165) is 30.4 Å². The van der Waals surface area contributed by atoms with Crippen molar-refractivity contribution in [3.05, 3.63) is 63.7 Å². The van der Waals surface area contributed by atoms with Crippen molar-refractivity contribution in [3.8, 4) is 5.75 Å². The number of phenols is 1. The van der Waals surface area contributed by atoms with Gasteiger partial charge in [0.25, 0.3) is 0 Å². The van der Waals surface area contributed by atoms with Crippen LogP contribution in [0.1, 0.15) is 88.8 Å². The summed E-state index contributed by atoms with van der Waals surface area (Å²) < 4.78 is 0. The van der Waals surface area contributed by atoms with Crippen LogP contribution in [-0.2, 0) is 30.1 Å². The van der Waals surface area contributed by atoms with E-state index >= 15 is 0 Å². The Balaban J connectivity index is 2.55. The molecule has 0 saturated heterocycles. The van der Waals surface area contributed by atoms with E-state index in [9.17, 15) is 5.11 Å². The lowest BCUT2D eigenvalue weighted by atomic mass is 9.81. The predicted molar refractivity (Wildman–Crippen MR) is 114 cm³/mol. The Kier molecular flexibility index (Phi) is 5.90. The fourth-order valence-corrected chi connectivity index (χ4v) is 3.39. The Labute approximate surface area is 160 Å². The zero-order valence-corrected chi connectivity index (χ0v) is 18.0. The molecule has 142 valence electrons. The number of benzene rings is 2. The molecule has 0 atom stereocenters. The third-order valence-corrected chi connectivity index (χ3v) is 5.19. The molecule has 0 radical (unpaired) electrons. The Hall–Kier alpha value is -1.76. The van der Waals surface area contributed by atoms with Gasteiger partial charge in [-0.1, -0.05) is 85.7 Å². The lowest BCUT2D eigenvalue weighted by Crippen LogP contribution is -2.14. The Morgan fingerprint density at radius 1 is 0.692 bits per heavy atom. The maximum absolute atomic E-state index is 11.0. The van der Waals surface area contributed by atoms with Crippen LogP contribution >= 0.6 is 0 Å². The summed E-state index contributed by atoms with van der Waals surface area (Å²) in [4.78, 5) is 0. The summed E-state index contributed by atoms with van der Waals surface area (Å²) in [5.74, 6) is 0.467. The van der Waals surface area contributed by atoms with E-state index in [1.807, 2.05) is 0 Å². The van der Waals surface area contributed by atoms with Gasteiger partial charge >= 0.3 is 0 Å². The standard InChI is InChI=1S/C25H36O/c1-9-17-11-19(15-21(14-17)24(3,4)5)13-20-12-18(10-2)16-22(23(20)26)25(6,7)8/h11-12,14-16,26H,9-10,13H2,1-8H3. The van der Waals surface area contributed by atoms with Crippen LogP contribution in [-0.4, -0.2) is 5.11 Å². The van der Waals surface area contributed by atoms with Crippen LogP contribution in [0.5, 0.6) is 5.75 Å². The van der Waals surface area contributed by atoms with E-state index in [1.54, 1.807) is 0 Å². The normalized spacial score (nSPS) is 12.5. The van der Waals surface area contributed by atoms with Crippen LogP contribution in [0.2, 0.25) is 0 Å². The van der Waals surface area contributed by atoms with E-state index in [2.05, 4.69) is 85.7 Å². The maximum Gasteiger partial charge on any atom is 0.122 e. The van der Waals surface area contributed by atoms with E-state index in [1.165, 1.54) is 22.3 Å². The smallest absolute Gasteiger partial charge is 0.122 e. The van der Waals surface area contributed by atoms with Gasteiger partial charge < -0.3 is 5.11 Å². The molecule has 1 heteroatoms. The van der Waals surface area contributed by atoms with Gasteiger partial charge in [0.1, 0.15) is 5.75 Å². The second kappa shape index (κ2) is 7.47. The molecule has 1 N–H and O–H groups in total. The molecule has 0 unspecified atom stereocenters. The third-order valence-electron chi connectivity index (χ3n) is 5.19. The molecule has 0 aromatic heterocycles. The fourth-order valence-electron chi connectivity index (χ4n) is 3.39. The number of rotatable bonds is 4. The number of aromatic hydroxyl groups is 1. The van der Waals surface area contributed by atoms with Crippen molar-refractivity contribution < 1.29 is 5.11 Å². The molecule has 2 rings (SSSR count). The molecular formula is C25H36O. The van der Waals surface area contributed by atoms with Crippen LogP contribution in [0, 0.1) is 0 Å². The lowest BCUT2D eigenvalue weighted by molar-refractivity contribution is 0.441. The van der Waals surface area contributed by atoms with Crippen molar-refractivity contribution in [2.75, 3.05) is 0 Å². The number of hydrogen-bond acceptors (Lipinski definition) is 1. The Bertz CT molecular complexity index is 770. The number of phenolic OH excluding ortho intramolecular Hbond substituents is 1. The SMILES string of the molecule is CCc1cc(Cc2cc(CC)cc(C(C)(C)C)c2O)cc(C(C)(C)C)c1. The highest BCUT2D eigenvalue weighted by atomic mass is 16.3. The molecule has 0 fully saturated rings. The van der Waals surface area contributed by atoms with Crippen molar-refractivity contribution in [2.24, 2.45) is 0 Å². The molecule has 0 spiro atoms. The summed E-state index contributed by atoms with van der Waals surface area (Å²) in [5.41, 5.74) is 7.49. The Morgan fingerprint density at radius 2 is 1.23 bits per heavy atom. The van der Waals surface area contributed by atoms with Gasteiger partial charge in [-0.25, -0.2) is 0 Å². The zero-order chi connectivity index (χ0) is 19.7. The highest BCUT2D eigenvalue weighted by molar-refractivity contribution is 5.49. The summed E-state index contributed by atoms with van der Waals surface area (Å²) in [6, 6.07) is 11.3. The molecule has 2 aromatic carbocycles. The van der Waals surface area contributed by atoms with Crippen LogP contribution in [0.4, 0.5) is 0 Å². The molecule has 2 aromatic rings. The molecular weight excluding hydrogens is 316 g/mol. The summed E-state index contributed by atoms with van der Waals surface area (Å²) in [6.07, 6.45) is 2.80. The maximum atomic E-state index is 11.0. The molecule has 0 bridgehead atoms. The topological polar surface area (TPSA) is 20.2 Å². The van der Waals surface area contributed by atoms with Gasteiger partial charge in [-0.15, -0.1) is 0 Å². The fraction of sp³-hybridized carbons (Fsp3) is 0.520. The quantitative estimate of drug-likeness (QED) is 0.649. The van der Waals surface area contributed by atoms with Crippen LogP contribution in [0.3, 0.4) is 0 Å². The van der Waals surface area contributed by atoms with E-state index in [0.29, 0.717) is 5.75 Å². The van der Waals surface area contributed by atoms with E-state index in [-0.39, 0.29) is 10.8 Å². The van der Waals surface area contributed by atoms with Crippen molar-refractivity contribution in [1.29, 1.82) is 0 Å². The average Bonchev–Trinajstić information content (AvgIpc) is 2.54. The van der Waals surface area contributed by atoms with Gasteiger partial charge in [0.05, 0.1) is 0 Å². The van der Waals surface area contributed by atoms with Crippen LogP contribution in [0.15, 0.2) is 30.3 Å². The van der Waals surface area contributed by atoms with E-state index < -0.39 is 0 Å². The second-order valence-corrected chi connectivity index (χ2v) is 9.57. The van der Waals surface area contributed by atoms with Gasteiger partial charge in [-0.05, 0) is 57.1 Å². The Morgan fingerprint density at radius 3 is 1.73 bits per heavy atom. The summed E-state index contributed by atoms with van der Waals surface area (Å²) >= 11 is 0. The minimum Gasteiger partial charge on any atom is -0.507 e. The first-order valence-electron chi connectivity index (χ1n) is 9.94. The molecule has 0 heterocycles. The molecule has 0 aliphatic rings. The van der Waals surface area contributed by atoms with Crippen LogP contribution < -0.4 is 0 Å². The van der Waals surface area contributed by atoms with Gasteiger partial charge in [0.15, 0.2) is 0 Å². The summed E-state index contributed by atoms with van der Waals surface area (Å²) in [5, 5.41) is 11.0. The second-order valence-electron chi connectivity index (χ2n) is 9.57. The first-order chi connectivity index (χ1) is 12.0. The third kappa shape index (κ3) is 4.69. The zero-order valence-electron chi connectivity index (χ0n) is 18.0. The highest BCUT2D eigenvalue weighted by Gasteiger charge is 2.22. The molecule has 26 heavy (non-hydrogen) atoms. The van der Waals surface area contributed by atoms with Gasteiger partial charge in [-0.2, -0.15) is 0 Å². The van der Waals surface area contributed by atoms with Crippen molar-refractivity contribution >= 4 is 0 Å². The predicted octanol–water partition coefficient (Wildman–Crippen LogP) is 6.70. The van der Waals surface area contributed by atoms with Crippen LogP contribution in [0.25, 0.3) is 0 Å². The monoisotopic (exact) mass is 352 g/mol. The average molecular weight is 353 g/mol. The first-order valence-corrected chi connectivity index (χ1v) is 9.94. The summed E-state index contributed by atoms with van der Waals surface area (Å²) in [7, 11) is 0. The van der Waals surface area contributed by atoms with Crippen molar-refractivity contribution in [1.82, 2.24) is 0 Å². The molecule has 0 aliphatic carbocycles. The van der Waals surface area contributed by atoms with Gasteiger partial charge in [0, 0.05) is 6.42 Å². The van der Waals surface area contributed by atoms with Gasteiger partial charge in [0.2, 0.25) is 0 Å². The molecule has 1 nitrogen and oxygen atoms in total. The minimum atomic E-state index is -0.0636. The highest BCUT2D eigenvalue weighted by Crippen LogP contribution is 2.36. The molecule has 0 aliphatic heterocycles. The van der Waals surface area contributed by atoms with Crippen molar-refractivity contribution in [3.63, 3.8) is 0 Å². The summed E-state index contributed by atoms with van der Waals surface area (Å²) in [6.45, 7) is 17.7. The van der Waals surface area contributed by atoms with Crippen molar-refractivity contribution in [2.45, 2.75) is 85.5 Å². The molecule has 0 saturated carbocycles. The largest absolute Gasteiger partial charge is 0.507 e. The number of hydrogen-bond donors (Lipinski definition) is 1. The first kappa shape index (κ1) is 20.6.